The fourth-order valence-corrected chi connectivity index (χ4v) is 4.21. The van der Waals surface area contributed by atoms with Crippen molar-refractivity contribution >= 4 is 11.9 Å². The van der Waals surface area contributed by atoms with E-state index in [1.54, 1.807) is 6.92 Å². The summed E-state index contributed by atoms with van der Waals surface area (Å²) in [7, 11) is 0. The van der Waals surface area contributed by atoms with Crippen molar-refractivity contribution in [3.63, 3.8) is 0 Å². The average molecular weight is 439 g/mol. The lowest BCUT2D eigenvalue weighted by Crippen LogP contribution is -2.52. The van der Waals surface area contributed by atoms with Crippen molar-refractivity contribution in [2.75, 3.05) is 0 Å². The van der Waals surface area contributed by atoms with E-state index < -0.39 is 42.1 Å². The Morgan fingerprint density at radius 3 is 2.32 bits per heavy atom. The van der Waals surface area contributed by atoms with Crippen molar-refractivity contribution in [3.05, 3.63) is 23.2 Å². The number of rotatable bonds is 8. The molecule has 0 bridgehead atoms. The first kappa shape index (κ1) is 25.2. The number of carbonyl (C=O) groups is 2. The van der Waals surface area contributed by atoms with Crippen LogP contribution in [0, 0.1) is 17.3 Å². The number of carbonyl (C=O) groups excluding carboxylic acids is 2. The summed E-state index contributed by atoms with van der Waals surface area (Å²) in [5.74, 6) is -2.29. The monoisotopic (exact) mass is 438 g/mol. The first-order valence-corrected chi connectivity index (χ1v) is 11.3. The predicted octanol–water partition coefficient (Wildman–Crippen LogP) is 4.50. The summed E-state index contributed by atoms with van der Waals surface area (Å²) in [6.45, 7) is 9.54. The molecule has 5 unspecified atom stereocenters. The third kappa shape index (κ3) is 6.73. The molecule has 7 nitrogen and oxygen atoms in total. The van der Waals surface area contributed by atoms with Crippen LogP contribution >= 0.6 is 0 Å². The van der Waals surface area contributed by atoms with E-state index in [0.717, 1.165) is 19.3 Å². The van der Waals surface area contributed by atoms with Crippen LogP contribution in [0.2, 0.25) is 0 Å². The van der Waals surface area contributed by atoms with Gasteiger partial charge in [0, 0.05) is 18.4 Å². The third-order valence-electron chi connectivity index (χ3n) is 5.89. The molecule has 0 radical (unpaired) electrons. The van der Waals surface area contributed by atoms with Gasteiger partial charge in [-0.25, -0.2) is 0 Å². The van der Waals surface area contributed by atoms with Crippen LogP contribution in [0.3, 0.4) is 0 Å². The summed E-state index contributed by atoms with van der Waals surface area (Å²) >= 11 is 0. The van der Waals surface area contributed by atoms with E-state index in [1.807, 2.05) is 20.8 Å². The minimum absolute atomic E-state index is 0.0160. The molecule has 176 valence electrons. The zero-order chi connectivity index (χ0) is 23.3. The Kier molecular flexibility index (Phi) is 8.57. The molecule has 3 N–H and O–H groups in total. The van der Waals surface area contributed by atoms with E-state index in [9.17, 15) is 24.9 Å². The van der Waals surface area contributed by atoms with Gasteiger partial charge in [-0.05, 0) is 17.9 Å². The quantitative estimate of drug-likeness (QED) is 0.378. The fourth-order valence-electron chi connectivity index (χ4n) is 4.21. The number of unbranched alkanes of at least 4 members (excludes halogenated alkanes) is 3. The second-order valence-corrected chi connectivity index (χ2v) is 10.0. The van der Waals surface area contributed by atoms with E-state index in [-0.39, 0.29) is 36.2 Å². The van der Waals surface area contributed by atoms with Gasteiger partial charge in [0.2, 0.25) is 0 Å². The molecule has 7 heteroatoms. The van der Waals surface area contributed by atoms with Crippen LogP contribution in [0.4, 0.5) is 0 Å². The molecule has 2 aliphatic carbocycles. The van der Waals surface area contributed by atoms with Gasteiger partial charge in [0.05, 0.1) is 35.9 Å². The molecule has 0 saturated carbocycles. The van der Waals surface area contributed by atoms with Crippen molar-refractivity contribution < 1.29 is 34.4 Å². The predicted molar refractivity (Wildman–Crippen MR) is 116 cm³/mol. The first-order chi connectivity index (χ1) is 14.4. The van der Waals surface area contributed by atoms with Gasteiger partial charge in [-0.15, -0.1) is 0 Å². The normalized spacial score (nSPS) is 28.6. The summed E-state index contributed by atoms with van der Waals surface area (Å²) in [6.07, 6.45) is 2.51. The Labute approximate surface area is 185 Å². The number of fused-ring (bicyclic) bond motifs is 1. The van der Waals surface area contributed by atoms with Crippen molar-refractivity contribution in [2.45, 2.75) is 97.9 Å². The molecule has 5 atom stereocenters. The van der Waals surface area contributed by atoms with Crippen LogP contribution in [0.1, 0.15) is 79.6 Å². The molecule has 0 amide bonds. The number of hydrogen-bond acceptors (Lipinski definition) is 7. The SMILES string of the molecule is CCCCCCC(=O)OC1C(C)C(O)=CC2=C(O)CC(O)C(OC(=O)CC(C)(C)C)C21. The molecule has 0 spiro atoms. The molecule has 0 aliphatic heterocycles. The zero-order valence-electron chi connectivity index (χ0n) is 19.4. The van der Waals surface area contributed by atoms with Crippen LogP contribution in [0.5, 0.6) is 0 Å². The molecule has 0 saturated heterocycles. The molecular formula is C24H38O7. The van der Waals surface area contributed by atoms with Crippen LogP contribution in [-0.4, -0.2) is 45.6 Å². The number of aliphatic hydroxyl groups excluding tert-OH is 3. The standard InChI is InChI=1S/C24H38O7/c1-6-7-8-9-10-19(28)30-22-14(2)16(25)11-15-17(26)12-18(27)23(21(15)22)31-20(29)13-24(3,4)5/h11,14,18,21-23,25-27H,6-10,12-13H2,1-5H3. The Bertz CT molecular complexity index is 716. The maximum absolute atomic E-state index is 12.5. The van der Waals surface area contributed by atoms with Crippen molar-refractivity contribution in [3.8, 4) is 0 Å². The maximum atomic E-state index is 12.5. The van der Waals surface area contributed by atoms with E-state index in [4.69, 9.17) is 9.47 Å². The van der Waals surface area contributed by atoms with Gasteiger partial charge in [0.1, 0.15) is 12.2 Å². The van der Waals surface area contributed by atoms with Crippen LogP contribution in [0.25, 0.3) is 0 Å². The lowest BCUT2D eigenvalue weighted by molar-refractivity contribution is -0.174. The highest BCUT2D eigenvalue weighted by atomic mass is 16.6. The summed E-state index contributed by atoms with van der Waals surface area (Å²) in [4.78, 5) is 25.0. The van der Waals surface area contributed by atoms with E-state index >= 15 is 0 Å². The summed E-state index contributed by atoms with van der Waals surface area (Å²) in [5, 5.41) is 31.5. The maximum Gasteiger partial charge on any atom is 0.306 e. The van der Waals surface area contributed by atoms with E-state index in [0.29, 0.717) is 12.0 Å². The number of aliphatic hydroxyl groups is 3. The second-order valence-electron chi connectivity index (χ2n) is 10.0. The summed E-state index contributed by atoms with van der Waals surface area (Å²) in [6, 6.07) is 0. The molecule has 0 aromatic carbocycles. The number of ether oxygens (including phenoxy) is 2. The zero-order valence-corrected chi connectivity index (χ0v) is 19.4. The molecular weight excluding hydrogens is 400 g/mol. The number of allylic oxidation sites excluding steroid dienone is 1. The molecule has 0 fully saturated rings. The lowest BCUT2D eigenvalue weighted by atomic mass is 9.71. The highest BCUT2D eigenvalue weighted by Crippen LogP contribution is 2.43. The Morgan fingerprint density at radius 2 is 1.71 bits per heavy atom. The van der Waals surface area contributed by atoms with Gasteiger partial charge in [-0.3, -0.25) is 9.59 Å². The Morgan fingerprint density at radius 1 is 1.06 bits per heavy atom. The summed E-state index contributed by atoms with van der Waals surface area (Å²) in [5.41, 5.74) is 0.0538. The Hall–Kier alpha value is -2.02. The smallest absolute Gasteiger partial charge is 0.306 e. The second kappa shape index (κ2) is 10.5. The van der Waals surface area contributed by atoms with Crippen LogP contribution in [0.15, 0.2) is 23.2 Å². The Balaban J connectivity index is 2.26. The minimum Gasteiger partial charge on any atom is -0.512 e. The van der Waals surface area contributed by atoms with E-state index in [2.05, 4.69) is 6.92 Å². The number of esters is 2. The van der Waals surface area contributed by atoms with Crippen molar-refractivity contribution in [1.29, 1.82) is 0 Å². The topological polar surface area (TPSA) is 113 Å². The van der Waals surface area contributed by atoms with Crippen molar-refractivity contribution in [1.82, 2.24) is 0 Å². The van der Waals surface area contributed by atoms with Gasteiger partial charge in [0.15, 0.2) is 0 Å². The molecule has 2 rings (SSSR count). The lowest BCUT2D eigenvalue weighted by Gasteiger charge is -2.43. The molecule has 2 aliphatic rings. The summed E-state index contributed by atoms with van der Waals surface area (Å²) < 4.78 is 11.4. The molecule has 31 heavy (non-hydrogen) atoms. The molecule has 0 aromatic heterocycles. The van der Waals surface area contributed by atoms with Gasteiger partial charge < -0.3 is 24.8 Å². The fraction of sp³-hybridized carbons (Fsp3) is 0.750. The van der Waals surface area contributed by atoms with Crippen LogP contribution < -0.4 is 0 Å². The molecule has 0 heterocycles. The van der Waals surface area contributed by atoms with Crippen molar-refractivity contribution in [2.24, 2.45) is 17.3 Å². The van der Waals surface area contributed by atoms with Gasteiger partial charge >= 0.3 is 11.9 Å². The minimum atomic E-state index is -1.13. The van der Waals surface area contributed by atoms with E-state index in [1.165, 1.54) is 6.08 Å². The largest absolute Gasteiger partial charge is 0.512 e. The first-order valence-electron chi connectivity index (χ1n) is 11.3. The highest BCUT2D eigenvalue weighted by Gasteiger charge is 2.50. The highest BCUT2D eigenvalue weighted by molar-refractivity contribution is 5.71. The average Bonchev–Trinajstić information content (AvgIpc) is 2.64. The molecule has 0 aromatic rings. The number of hydrogen-bond donors (Lipinski definition) is 3. The van der Waals surface area contributed by atoms with Gasteiger partial charge in [-0.1, -0.05) is 53.9 Å². The van der Waals surface area contributed by atoms with Crippen LogP contribution in [-0.2, 0) is 19.1 Å². The van der Waals surface area contributed by atoms with Gasteiger partial charge in [0.25, 0.3) is 0 Å². The van der Waals surface area contributed by atoms with Gasteiger partial charge in [-0.2, -0.15) is 0 Å². The third-order valence-corrected chi connectivity index (χ3v) is 5.89.